The number of H-pyrrole nitrogens is 2. The third kappa shape index (κ3) is 2.13. The molecule has 0 bridgehead atoms. The van der Waals surface area contributed by atoms with Crippen molar-refractivity contribution in [2.75, 3.05) is 7.11 Å². The molecule has 0 spiro atoms. The lowest BCUT2D eigenvalue weighted by Crippen LogP contribution is -2.14. The standard InChI is InChI=1S/C16H16N2O4/c1-8(2)22-16(20)14-15(21-3)13-10(7-17-14)18-9-5-4-6-11(19)12(9)13/h4-8,17-18H,1-3H3. The molecule has 3 rings (SSSR count). The minimum atomic E-state index is -0.522. The second-order valence-corrected chi connectivity index (χ2v) is 5.24. The van der Waals surface area contributed by atoms with E-state index in [1.165, 1.54) is 13.2 Å². The SMILES string of the molecule is COc1c(C(=O)OC(C)C)[nH]cc2[nH]c3cccc(=O)c3c12. The number of methoxy groups -OCH3 is 1. The zero-order valence-corrected chi connectivity index (χ0v) is 12.5. The zero-order chi connectivity index (χ0) is 15.9. The van der Waals surface area contributed by atoms with Crippen LogP contribution in [0, 0.1) is 0 Å². The molecule has 0 aliphatic heterocycles. The number of hydrogen-bond donors (Lipinski definition) is 2. The van der Waals surface area contributed by atoms with Gasteiger partial charge in [0.2, 0.25) is 0 Å². The van der Waals surface area contributed by atoms with Crippen LogP contribution in [0.4, 0.5) is 0 Å². The number of aromatic amines is 2. The molecule has 2 heterocycles. The monoisotopic (exact) mass is 300 g/mol. The number of rotatable bonds is 3. The maximum Gasteiger partial charge on any atom is 0.358 e. The van der Waals surface area contributed by atoms with Crippen molar-refractivity contribution in [3.8, 4) is 5.75 Å². The van der Waals surface area contributed by atoms with Gasteiger partial charge < -0.3 is 19.4 Å². The van der Waals surface area contributed by atoms with Crippen LogP contribution in [-0.2, 0) is 4.74 Å². The fraction of sp³-hybridized carbons (Fsp3) is 0.250. The van der Waals surface area contributed by atoms with Crippen molar-refractivity contribution in [2.45, 2.75) is 20.0 Å². The Kier molecular flexibility index (Phi) is 3.36. The van der Waals surface area contributed by atoms with Crippen LogP contribution >= 0.6 is 0 Å². The Morgan fingerprint density at radius 2 is 1.95 bits per heavy atom. The molecule has 0 saturated heterocycles. The Morgan fingerprint density at radius 3 is 2.64 bits per heavy atom. The molecule has 0 amide bonds. The first-order valence-corrected chi connectivity index (χ1v) is 6.94. The van der Waals surface area contributed by atoms with Crippen molar-refractivity contribution in [2.24, 2.45) is 0 Å². The molecule has 22 heavy (non-hydrogen) atoms. The molecular weight excluding hydrogens is 284 g/mol. The number of aromatic nitrogens is 2. The predicted molar refractivity (Wildman–Crippen MR) is 83.5 cm³/mol. The van der Waals surface area contributed by atoms with Crippen molar-refractivity contribution in [3.05, 3.63) is 40.3 Å². The number of pyridine rings is 1. The summed E-state index contributed by atoms with van der Waals surface area (Å²) >= 11 is 0. The van der Waals surface area contributed by atoms with Crippen molar-refractivity contribution in [3.63, 3.8) is 0 Å². The summed E-state index contributed by atoms with van der Waals surface area (Å²) in [6.45, 7) is 3.54. The summed E-state index contributed by atoms with van der Waals surface area (Å²) in [6.07, 6.45) is 1.38. The van der Waals surface area contributed by atoms with E-state index in [2.05, 4.69) is 9.97 Å². The zero-order valence-electron chi connectivity index (χ0n) is 12.5. The van der Waals surface area contributed by atoms with Gasteiger partial charge in [-0.1, -0.05) is 6.07 Å². The molecule has 0 unspecified atom stereocenters. The Labute approximate surface area is 126 Å². The van der Waals surface area contributed by atoms with Gasteiger partial charge in [-0.15, -0.1) is 0 Å². The summed E-state index contributed by atoms with van der Waals surface area (Å²) in [6, 6.07) is 4.98. The highest BCUT2D eigenvalue weighted by Crippen LogP contribution is 2.33. The van der Waals surface area contributed by atoms with Gasteiger partial charge in [0, 0.05) is 6.20 Å². The molecule has 2 N–H and O–H groups in total. The number of nitrogens with one attached hydrogen (secondary N) is 2. The number of esters is 1. The van der Waals surface area contributed by atoms with Gasteiger partial charge in [0.1, 0.15) is 0 Å². The van der Waals surface area contributed by atoms with Crippen molar-refractivity contribution >= 4 is 27.8 Å². The first-order chi connectivity index (χ1) is 10.5. The van der Waals surface area contributed by atoms with Crippen LogP contribution in [0.15, 0.2) is 29.2 Å². The van der Waals surface area contributed by atoms with Crippen molar-refractivity contribution in [1.29, 1.82) is 0 Å². The van der Waals surface area contributed by atoms with Crippen LogP contribution in [0.25, 0.3) is 21.8 Å². The number of hydrogen-bond acceptors (Lipinski definition) is 4. The van der Waals surface area contributed by atoms with Crippen LogP contribution in [0.1, 0.15) is 24.3 Å². The number of carbonyl (C=O) groups is 1. The van der Waals surface area contributed by atoms with Crippen LogP contribution in [-0.4, -0.2) is 29.2 Å². The molecule has 0 radical (unpaired) electrons. The molecule has 3 aromatic rings. The maximum atomic E-state index is 12.2. The van der Waals surface area contributed by atoms with E-state index >= 15 is 0 Å². The van der Waals surface area contributed by atoms with Crippen LogP contribution in [0.3, 0.4) is 0 Å². The summed E-state index contributed by atoms with van der Waals surface area (Å²) in [5, 5.41) is 1.08. The number of fused-ring (bicyclic) bond motifs is 3. The molecule has 2 aromatic heterocycles. The van der Waals surface area contributed by atoms with E-state index in [9.17, 15) is 9.59 Å². The van der Waals surface area contributed by atoms with Gasteiger partial charge in [-0.2, -0.15) is 0 Å². The molecule has 6 nitrogen and oxygen atoms in total. The fourth-order valence-corrected chi connectivity index (χ4v) is 2.54. The summed E-state index contributed by atoms with van der Waals surface area (Å²) in [4.78, 5) is 30.4. The molecule has 0 aliphatic carbocycles. The van der Waals surface area contributed by atoms with Crippen LogP contribution < -0.4 is 10.2 Å². The van der Waals surface area contributed by atoms with Crippen LogP contribution in [0.5, 0.6) is 5.75 Å². The molecule has 1 aromatic carbocycles. The lowest BCUT2D eigenvalue weighted by Gasteiger charge is -2.12. The third-order valence-electron chi connectivity index (χ3n) is 3.38. The molecule has 0 aliphatic rings. The van der Waals surface area contributed by atoms with E-state index in [0.717, 1.165) is 0 Å². The van der Waals surface area contributed by atoms with Gasteiger partial charge in [-0.3, -0.25) is 4.79 Å². The second-order valence-electron chi connectivity index (χ2n) is 5.24. The summed E-state index contributed by atoms with van der Waals surface area (Å²) in [5.74, 6) is -0.218. The van der Waals surface area contributed by atoms with Gasteiger partial charge >= 0.3 is 5.97 Å². The smallest absolute Gasteiger partial charge is 0.358 e. The number of benzene rings is 1. The van der Waals surface area contributed by atoms with Gasteiger partial charge in [-0.05, 0) is 26.0 Å². The summed E-state index contributed by atoms with van der Waals surface area (Å²) < 4.78 is 10.6. The molecule has 114 valence electrons. The summed E-state index contributed by atoms with van der Waals surface area (Å²) in [7, 11) is 1.46. The van der Waals surface area contributed by atoms with E-state index in [1.54, 1.807) is 26.1 Å². The van der Waals surface area contributed by atoms with E-state index < -0.39 is 5.97 Å². The Balaban J connectivity index is 2.35. The minimum absolute atomic E-state index is 0.128. The molecule has 6 heteroatoms. The average molecular weight is 300 g/mol. The number of ether oxygens (including phenoxy) is 2. The highest BCUT2D eigenvalue weighted by molar-refractivity contribution is 6.12. The second kappa shape index (κ2) is 5.22. The highest BCUT2D eigenvalue weighted by Gasteiger charge is 2.21. The molecule has 0 atom stereocenters. The van der Waals surface area contributed by atoms with Gasteiger partial charge in [0.15, 0.2) is 16.9 Å². The maximum absolute atomic E-state index is 12.2. The highest BCUT2D eigenvalue weighted by atomic mass is 16.5. The van der Waals surface area contributed by atoms with E-state index in [4.69, 9.17) is 9.47 Å². The molecule has 0 fully saturated rings. The van der Waals surface area contributed by atoms with Gasteiger partial charge in [0.25, 0.3) is 0 Å². The van der Waals surface area contributed by atoms with E-state index in [1.807, 2.05) is 6.07 Å². The largest absolute Gasteiger partial charge is 0.494 e. The third-order valence-corrected chi connectivity index (χ3v) is 3.38. The predicted octanol–water partition coefficient (Wildman–Crippen LogP) is 2.58. The first kappa shape index (κ1) is 14.2. The Hall–Kier alpha value is -2.76. The fourth-order valence-electron chi connectivity index (χ4n) is 2.54. The minimum Gasteiger partial charge on any atom is -0.494 e. The number of carbonyl (C=O) groups excluding carboxylic acids is 1. The lowest BCUT2D eigenvalue weighted by atomic mass is 10.1. The molecular formula is C16H16N2O4. The van der Waals surface area contributed by atoms with Crippen LogP contribution in [0.2, 0.25) is 0 Å². The van der Waals surface area contributed by atoms with Crippen molar-refractivity contribution in [1.82, 2.24) is 9.97 Å². The normalized spacial score (nSPS) is 11.3. The average Bonchev–Trinajstić information content (AvgIpc) is 2.85. The topological polar surface area (TPSA) is 84.2 Å². The summed E-state index contributed by atoms with van der Waals surface area (Å²) in [5.41, 5.74) is 1.45. The van der Waals surface area contributed by atoms with Gasteiger partial charge in [0.05, 0.1) is 35.0 Å². The Bertz CT molecular complexity index is 921. The van der Waals surface area contributed by atoms with E-state index in [0.29, 0.717) is 27.6 Å². The lowest BCUT2D eigenvalue weighted by molar-refractivity contribution is 0.0367. The molecule has 0 saturated carbocycles. The van der Waals surface area contributed by atoms with Gasteiger partial charge in [-0.25, -0.2) is 4.79 Å². The van der Waals surface area contributed by atoms with Crippen molar-refractivity contribution < 1.29 is 14.3 Å². The quantitative estimate of drug-likeness (QED) is 0.728. The van der Waals surface area contributed by atoms with E-state index in [-0.39, 0.29) is 17.2 Å². The Morgan fingerprint density at radius 1 is 1.18 bits per heavy atom. The first-order valence-electron chi connectivity index (χ1n) is 6.94.